The molecule has 1 fully saturated rings. The Labute approximate surface area is 135 Å². The van der Waals surface area contributed by atoms with E-state index in [2.05, 4.69) is 15.7 Å². The summed E-state index contributed by atoms with van der Waals surface area (Å²) >= 11 is 0. The summed E-state index contributed by atoms with van der Waals surface area (Å²) in [5.74, 6) is 0.886. The number of nitrogens with one attached hydrogen (secondary N) is 2. The molecule has 0 spiro atoms. The van der Waals surface area contributed by atoms with Gasteiger partial charge in [0.05, 0.1) is 19.2 Å². The van der Waals surface area contributed by atoms with Gasteiger partial charge >= 0.3 is 0 Å². The van der Waals surface area contributed by atoms with Crippen LogP contribution in [0.25, 0.3) is 0 Å². The topological polar surface area (TPSA) is 68.2 Å². The van der Waals surface area contributed by atoms with Gasteiger partial charge in [-0.25, -0.2) is 0 Å². The van der Waals surface area contributed by atoms with Gasteiger partial charge in [-0.3, -0.25) is 9.48 Å². The highest BCUT2D eigenvalue weighted by atomic mass is 16.5. The Morgan fingerprint density at radius 2 is 2.26 bits per heavy atom. The van der Waals surface area contributed by atoms with Crippen molar-refractivity contribution in [3.8, 4) is 5.75 Å². The number of rotatable bonds is 4. The third kappa shape index (κ3) is 3.22. The van der Waals surface area contributed by atoms with E-state index < -0.39 is 0 Å². The molecule has 0 radical (unpaired) electrons. The zero-order valence-corrected chi connectivity index (χ0v) is 13.7. The average Bonchev–Trinajstić information content (AvgIpc) is 3.17. The van der Waals surface area contributed by atoms with Crippen molar-refractivity contribution >= 4 is 11.6 Å². The predicted molar refractivity (Wildman–Crippen MR) is 88.7 cm³/mol. The SMILES string of the molecule is COc1ccc(NC(=O)[C@H]2CNC[C@@H]2c2cnn(C)c2)c(C)c1. The summed E-state index contributed by atoms with van der Waals surface area (Å²) in [5, 5.41) is 10.6. The second-order valence-corrected chi connectivity index (χ2v) is 5.99. The van der Waals surface area contributed by atoms with E-state index in [1.807, 2.05) is 44.6 Å². The molecule has 1 aliphatic rings. The number of hydrogen-bond acceptors (Lipinski definition) is 4. The number of nitrogens with zero attached hydrogens (tertiary/aromatic N) is 2. The normalized spacial score (nSPS) is 20.5. The van der Waals surface area contributed by atoms with E-state index in [1.165, 1.54) is 0 Å². The van der Waals surface area contributed by atoms with E-state index in [0.29, 0.717) is 6.54 Å². The smallest absolute Gasteiger partial charge is 0.229 e. The highest BCUT2D eigenvalue weighted by molar-refractivity contribution is 5.94. The molecule has 6 heteroatoms. The fourth-order valence-electron chi connectivity index (χ4n) is 3.06. The molecule has 0 aliphatic carbocycles. The van der Waals surface area contributed by atoms with Crippen LogP contribution in [0.3, 0.4) is 0 Å². The standard InChI is InChI=1S/C17H22N4O2/c1-11-6-13(23-3)4-5-16(11)20-17(22)15-9-18-8-14(15)12-7-19-21(2)10-12/h4-7,10,14-15,18H,8-9H2,1-3H3,(H,20,22)/t14-,15+/m1/s1. The first-order chi connectivity index (χ1) is 11.1. The van der Waals surface area contributed by atoms with Crippen molar-refractivity contribution in [1.29, 1.82) is 0 Å². The molecule has 1 aliphatic heterocycles. The maximum absolute atomic E-state index is 12.7. The number of carbonyl (C=O) groups excluding carboxylic acids is 1. The Kier molecular flexibility index (Phi) is 4.34. The molecule has 122 valence electrons. The van der Waals surface area contributed by atoms with Crippen molar-refractivity contribution in [2.75, 3.05) is 25.5 Å². The van der Waals surface area contributed by atoms with Crippen molar-refractivity contribution < 1.29 is 9.53 Å². The van der Waals surface area contributed by atoms with Crippen LogP contribution in [-0.4, -0.2) is 35.9 Å². The zero-order chi connectivity index (χ0) is 16.4. The summed E-state index contributed by atoms with van der Waals surface area (Å²) in [6.45, 7) is 3.44. The van der Waals surface area contributed by atoms with Crippen LogP contribution in [0.1, 0.15) is 17.0 Å². The van der Waals surface area contributed by atoms with E-state index >= 15 is 0 Å². The molecule has 0 saturated carbocycles. The molecular weight excluding hydrogens is 292 g/mol. The van der Waals surface area contributed by atoms with Crippen molar-refractivity contribution in [3.63, 3.8) is 0 Å². The Bertz CT molecular complexity index is 710. The first kappa shape index (κ1) is 15.6. The molecule has 1 amide bonds. The summed E-state index contributed by atoms with van der Waals surface area (Å²) in [7, 11) is 3.53. The third-order valence-corrected chi connectivity index (χ3v) is 4.40. The van der Waals surface area contributed by atoms with E-state index in [9.17, 15) is 4.79 Å². The molecule has 0 bridgehead atoms. The van der Waals surface area contributed by atoms with Crippen molar-refractivity contribution in [3.05, 3.63) is 41.7 Å². The maximum atomic E-state index is 12.7. The molecule has 1 aromatic carbocycles. The predicted octanol–water partition coefficient (Wildman–Crippen LogP) is 1.68. The van der Waals surface area contributed by atoms with Gasteiger partial charge < -0.3 is 15.4 Å². The molecule has 1 aromatic heterocycles. The molecule has 1 saturated heterocycles. The molecule has 6 nitrogen and oxygen atoms in total. The number of ether oxygens (including phenoxy) is 1. The number of anilines is 1. The van der Waals surface area contributed by atoms with Gasteiger partial charge in [0, 0.05) is 37.9 Å². The molecule has 2 heterocycles. The van der Waals surface area contributed by atoms with Gasteiger partial charge in [-0.15, -0.1) is 0 Å². The third-order valence-electron chi connectivity index (χ3n) is 4.40. The van der Waals surface area contributed by atoms with Crippen LogP contribution < -0.4 is 15.4 Å². The number of benzene rings is 1. The quantitative estimate of drug-likeness (QED) is 0.901. The lowest BCUT2D eigenvalue weighted by atomic mass is 9.90. The van der Waals surface area contributed by atoms with E-state index in [1.54, 1.807) is 11.8 Å². The average molecular weight is 314 g/mol. The minimum atomic E-state index is -0.0966. The Hall–Kier alpha value is -2.34. The van der Waals surface area contributed by atoms with Gasteiger partial charge in [0.2, 0.25) is 5.91 Å². The molecular formula is C17H22N4O2. The summed E-state index contributed by atoms with van der Waals surface area (Å²) < 4.78 is 6.97. The van der Waals surface area contributed by atoms with Gasteiger partial charge in [-0.1, -0.05) is 0 Å². The van der Waals surface area contributed by atoms with Crippen LogP contribution in [0.15, 0.2) is 30.6 Å². The van der Waals surface area contributed by atoms with Crippen LogP contribution in [-0.2, 0) is 11.8 Å². The van der Waals surface area contributed by atoms with Gasteiger partial charge in [0.25, 0.3) is 0 Å². The Balaban J connectivity index is 1.74. The highest BCUT2D eigenvalue weighted by Gasteiger charge is 2.34. The van der Waals surface area contributed by atoms with Gasteiger partial charge in [-0.2, -0.15) is 5.10 Å². The van der Waals surface area contributed by atoms with Crippen molar-refractivity contribution in [1.82, 2.24) is 15.1 Å². The lowest BCUT2D eigenvalue weighted by molar-refractivity contribution is -0.119. The fraction of sp³-hybridized carbons (Fsp3) is 0.412. The number of amides is 1. The number of carbonyl (C=O) groups is 1. The lowest BCUT2D eigenvalue weighted by Crippen LogP contribution is -2.28. The molecule has 2 atom stereocenters. The fourth-order valence-corrected chi connectivity index (χ4v) is 3.06. The van der Waals surface area contributed by atoms with E-state index in [0.717, 1.165) is 29.1 Å². The van der Waals surface area contributed by atoms with Crippen LogP contribution in [0.5, 0.6) is 5.75 Å². The Morgan fingerprint density at radius 3 is 2.91 bits per heavy atom. The molecule has 2 aromatic rings. The van der Waals surface area contributed by atoms with Crippen molar-refractivity contribution in [2.45, 2.75) is 12.8 Å². The molecule has 2 N–H and O–H groups in total. The summed E-state index contributed by atoms with van der Waals surface area (Å²) in [5.41, 5.74) is 2.92. The van der Waals surface area contributed by atoms with Crippen molar-refractivity contribution in [2.24, 2.45) is 13.0 Å². The number of aromatic nitrogens is 2. The minimum absolute atomic E-state index is 0.0390. The van der Waals surface area contributed by atoms with E-state index in [4.69, 9.17) is 4.74 Å². The number of methoxy groups -OCH3 is 1. The van der Waals surface area contributed by atoms with Crippen LogP contribution in [0.4, 0.5) is 5.69 Å². The van der Waals surface area contributed by atoms with Crippen LogP contribution >= 0.6 is 0 Å². The Morgan fingerprint density at radius 1 is 1.43 bits per heavy atom. The van der Waals surface area contributed by atoms with Crippen LogP contribution in [0, 0.1) is 12.8 Å². The molecule has 23 heavy (non-hydrogen) atoms. The first-order valence-electron chi connectivity index (χ1n) is 7.73. The van der Waals surface area contributed by atoms with Gasteiger partial charge in [-0.05, 0) is 36.2 Å². The molecule has 0 unspecified atom stereocenters. The summed E-state index contributed by atoms with van der Waals surface area (Å²) in [6.07, 6.45) is 3.83. The highest BCUT2D eigenvalue weighted by Crippen LogP contribution is 2.29. The monoisotopic (exact) mass is 314 g/mol. The second kappa shape index (κ2) is 6.42. The largest absolute Gasteiger partial charge is 0.497 e. The summed E-state index contributed by atoms with van der Waals surface area (Å²) in [4.78, 5) is 12.7. The zero-order valence-electron chi connectivity index (χ0n) is 13.7. The molecule has 3 rings (SSSR count). The second-order valence-electron chi connectivity index (χ2n) is 5.99. The first-order valence-corrected chi connectivity index (χ1v) is 7.73. The number of aryl methyl sites for hydroxylation is 2. The van der Waals surface area contributed by atoms with Gasteiger partial charge in [0.15, 0.2) is 0 Å². The van der Waals surface area contributed by atoms with Crippen LogP contribution in [0.2, 0.25) is 0 Å². The lowest BCUT2D eigenvalue weighted by Gasteiger charge is -2.18. The van der Waals surface area contributed by atoms with E-state index in [-0.39, 0.29) is 17.7 Å². The van der Waals surface area contributed by atoms with Gasteiger partial charge in [0.1, 0.15) is 5.75 Å². The maximum Gasteiger partial charge on any atom is 0.229 e. The summed E-state index contributed by atoms with van der Waals surface area (Å²) in [6, 6.07) is 5.66. The minimum Gasteiger partial charge on any atom is -0.497 e. The number of hydrogen-bond donors (Lipinski definition) is 2.